The Morgan fingerprint density at radius 2 is 1.49 bits per heavy atom. The maximum absolute atomic E-state index is 13.3. The Balaban J connectivity index is 1.72. The van der Waals surface area contributed by atoms with Gasteiger partial charge in [0, 0.05) is 23.9 Å². The lowest BCUT2D eigenvalue weighted by molar-refractivity contribution is -0.142. The number of ketones is 1. The van der Waals surface area contributed by atoms with E-state index in [2.05, 4.69) is 5.32 Å². The summed E-state index contributed by atoms with van der Waals surface area (Å²) in [5.41, 5.74) is 1.04. The van der Waals surface area contributed by atoms with Crippen LogP contribution in [0.2, 0.25) is 5.02 Å². The van der Waals surface area contributed by atoms with Crippen molar-refractivity contribution in [3.05, 3.63) is 95.0 Å². The Bertz CT molecular complexity index is 1250. The number of carbonyl (C=O) groups is 4. The number of rotatable bonds is 11. The topological polar surface area (TPSA) is 110 Å². The van der Waals surface area contributed by atoms with Crippen LogP contribution < -0.4 is 10.1 Å². The molecule has 37 heavy (non-hydrogen) atoms. The molecule has 2 unspecified atom stereocenters. The van der Waals surface area contributed by atoms with E-state index in [9.17, 15) is 24.3 Å². The lowest BCUT2D eigenvalue weighted by Crippen LogP contribution is -2.47. The molecule has 0 heterocycles. The molecule has 0 aliphatic rings. The Hall–Kier alpha value is -3.62. The maximum atomic E-state index is 13.3. The van der Waals surface area contributed by atoms with Crippen LogP contribution in [0, 0.1) is 5.92 Å². The second-order valence-electron chi connectivity index (χ2n) is 8.35. The molecule has 3 atom stereocenters. The van der Waals surface area contributed by atoms with Gasteiger partial charge in [0.15, 0.2) is 10.9 Å². The molecule has 0 bridgehead atoms. The Labute approximate surface area is 224 Å². The molecule has 9 heteroatoms. The van der Waals surface area contributed by atoms with Crippen LogP contribution >= 0.6 is 23.4 Å². The molecule has 0 fully saturated rings. The average molecular weight is 540 g/mol. The highest BCUT2D eigenvalue weighted by molar-refractivity contribution is 8.14. The molecule has 2 N–H and O–H groups in total. The van der Waals surface area contributed by atoms with Crippen molar-refractivity contribution in [2.75, 3.05) is 0 Å². The highest BCUT2D eigenvalue weighted by Crippen LogP contribution is 2.28. The Morgan fingerprint density at radius 3 is 2.03 bits per heavy atom. The standard InChI is InChI=1S/C28H26ClNO6S/c1-17(27(33)30-24(28(34)35)16-19-6-4-3-5-7-19)26(37-18(2)31)25(32)20-8-12-22(13-9-20)36-23-14-10-21(29)11-15-23/h3-15,17,24,26H,16H2,1-2H3,(H,30,33)(H,34,35)/t17?,24-,26?/m0/s1. The van der Waals surface area contributed by atoms with Crippen molar-refractivity contribution in [3.63, 3.8) is 0 Å². The molecule has 1 amide bonds. The number of halogens is 1. The number of benzene rings is 3. The van der Waals surface area contributed by atoms with Crippen LogP contribution in [0.25, 0.3) is 0 Å². The third-order valence-corrected chi connectivity index (χ3v) is 6.96. The maximum Gasteiger partial charge on any atom is 0.326 e. The van der Waals surface area contributed by atoms with Crippen LogP contribution in [-0.4, -0.2) is 39.2 Å². The Kier molecular flexibility index (Phi) is 9.88. The summed E-state index contributed by atoms with van der Waals surface area (Å²) in [6.07, 6.45) is 0.0855. The minimum atomic E-state index is -1.19. The summed E-state index contributed by atoms with van der Waals surface area (Å²) in [4.78, 5) is 50.0. The van der Waals surface area contributed by atoms with E-state index in [-0.39, 0.29) is 11.5 Å². The quantitative estimate of drug-likeness (QED) is 0.313. The fraction of sp³-hybridized carbons (Fsp3) is 0.214. The summed E-state index contributed by atoms with van der Waals surface area (Å²) in [6, 6.07) is 20.9. The lowest BCUT2D eigenvalue weighted by Gasteiger charge is -2.23. The van der Waals surface area contributed by atoms with Gasteiger partial charge in [-0.3, -0.25) is 14.4 Å². The van der Waals surface area contributed by atoms with E-state index < -0.39 is 34.9 Å². The highest BCUT2D eigenvalue weighted by Gasteiger charge is 2.34. The zero-order valence-corrected chi connectivity index (χ0v) is 21.8. The van der Waals surface area contributed by atoms with Crippen LogP contribution in [0.4, 0.5) is 0 Å². The van der Waals surface area contributed by atoms with Gasteiger partial charge in [0.2, 0.25) is 5.91 Å². The normalized spacial score (nSPS) is 13.2. The SMILES string of the molecule is CC(=O)SC(C(=O)c1ccc(Oc2ccc(Cl)cc2)cc1)C(C)C(=O)N[C@@H](Cc1ccccc1)C(=O)O. The number of carbonyl (C=O) groups excluding carboxylic acids is 3. The first-order chi connectivity index (χ1) is 17.6. The predicted octanol–water partition coefficient (Wildman–Crippen LogP) is 5.41. The van der Waals surface area contributed by atoms with Gasteiger partial charge in [-0.1, -0.05) is 60.6 Å². The molecule has 0 aliphatic heterocycles. The van der Waals surface area contributed by atoms with Crippen molar-refractivity contribution in [2.24, 2.45) is 5.92 Å². The van der Waals surface area contributed by atoms with Gasteiger partial charge in [0.05, 0.1) is 11.2 Å². The van der Waals surface area contributed by atoms with Gasteiger partial charge in [-0.15, -0.1) is 0 Å². The summed E-state index contributed by atoms with van der Waals surface area (Å²) in [7, 11) is 0. The van der Waals surface area contributed by atoms with Gasteiger partial charge in [0.25, 0.3) is 0 Å². The number of hydrogen-bond acceptors (Lipinski definition) is 6. The lowest BCUT2D eigenvalue weighted by atomic mass is 9.97. The van der Waals surface area contributed by atoms with Crippen molar-refractivity contribution in [1.82, 2.24) is 5.32 Å². The average Bonchev–Trinajstić information content (AvgIpc) is 2.88. The van der Waals surface area contributed by atoms with Crippen molar-refractivity contribution in [3.8, 4) is 11.5 Å². The summed E-state index contributed by atoms with van der Waals surface area (Å²) < 4.78 is 5.74. The first kappa shape index (κ1) is 28.0. The molecule has 0 spiro atoms. The molecule has 0 radical (unpaired) electrons. The van der Waals surface area contributed by atoms with Crippen LogP contribution in [0.5, 0.6) is 11.5 Å². The number of aliphatic carboxylic acids is 1. The summed E-state index contributed by atoms with van der Waals surface area (Å²) >= 11 is 6.63. The molecule has 0 saturated carbocycles. The summed E-state index contributed by atoms with van der Waals surface area (Å²) in [5, 5.41) is 11.4. The van der Waals surface area contributed by atoms with Gasteiger partial charge in [-0.2, -0.15) is 0 Å². The minimum absolute atomic E-state index is 0.0855. The zero-order chi connectivity index (χ0) is 26.9. The number of ether oxygens (including phenoxy) is 1. The molecule has 0 aliphatic carbocycles. The van der Waals surface area contributed by atoms with E-state index in [4.69, 9.17) is 16.3 Å². The Morgan fingerprint density at radius 1 is 0.919 bits per heavy atom. The van der Waals surface area contributed by atoms with Crippen molar-refractivity contribution >= 4 is 46.1 Å². The van der Waals surface area contributed by atoms with Crippen LogP contribution in [0.3, 0.4) is 0 Å². The van der Waals surface area contributed by atoms with E-state index >= 15 is 0 Å². The first-order valence-electron chi connectivity index (χ1n) is 11.5. The molecule has 7 nitrogen and oxygen atoms in total. The number of nitrogens with one attached hydrogen (secondary N) is 1. The van der Waals surface area contributed by atoms with Gasteiger partial charge < -0.3 is 15.2 Å². The minimum Gasteiger partial charge on any atom is -0.480 e. The number of amides is 1. The van der Waals surface area contributed by atoms with Crippen LogP contribution in [0.15, 0.2) is 78.9 Å². The third kappa shape index (κ3) is 8.20. The second kappa shape index (κ2) is 13.1. The molecular weight excluding hydrogens is 514 g/mol. The second-order valence-corrected chi connectivity index (χ2v) is 10.1. The third-order valence-electron chi connectivity index (χ3n) is 5.50. The number of carboxylic acid groups (broad SMARTS) is 1. The monoisotopic (exact) mass is 539 g/mol. The van der Waals surface area contributed by atoms with Gasteiger partial charge in [-0.05, 0) is 54.1 Å². The van der Waals surface area contributed by atoms with Gasteiger partial charge in [-0.25, -0.2) is 4.79 Å². The molecule has 3 rings (SSSR count). The molecule has 0 aromatic heterocycles. The number of carboxylic acids is 1. The molecule has 3 aromatic carbocycles. The number of hydrogen-bond donors (Lipinski definition) is 2. The molecule has 3 aromatic rings. The predicted molar refractivity (Wildman–Crippen MR) is 143 cm³/mol. The van der Waals surface area contributed by atoms with E-state index in [0.29, 0.717) is 22.1 Å². The molecule has 0 saturated heterocycles. The van der Waals surface area contributed by atoms with E-state index in [1.54, 1.807) is 72.8 Å². The summed E-state index contributed by atoms with van der Waals surface area (Å²) in [5.74, 6) is -2.14. The van der Waals surface area contributed by atoms with E-state index in [0.717, 1.165) is 17.3 Å². The van der Waals surface area contributed by atoms with Crippen molar-refractivity contribution in [1.29, 1.82) is 0 Å². The zero-order valence-electron chi connectivity index (χ0n) is 20.2. The first-order valence-corrected chi connectivity index (χ1v) is 12.7. The molecular formula is C28H26ClNO6S. The van der Waals surface area contributed by atoms with E-state index in [1.807, 2.05) is 6.07 Å². The van der Waals surface area contributed by atoms with Crippen LogP contribution in [-0.2, 0) is 20.8 Å². The largest absolute Gasteiger partial charge is 0.480 e. The summed E-state index contributed by atoms with van der Waals surface area (Å²) in [6.45, 7) is 2.82. The van der Waals surface area contributed by atoms with Crippen molar-refractivity contribution < 1.29 is 29.0 Å². The number of thioether (sulfide) groups is 1. The fourth-order valence-corrected chi connectivity index (χ4v) is 4.60. The highest BCUT2D eigenvalue weighted by atomic mass is 35.5. The van der Waals surface area contributed by atoms with E-state index in [1.165, 1.54) is 13.8 Å². The van der Waals surface area contributed by atoms with Crippen LogP contribution in [0.1, 0.15) is 29.8 Å². The van der Waals surface area contributed by atoms with Crippen molar-refractivity contribution in [2.45, 2.75) is 31.6 Å². The van der Waals surface area contributed by atoms with Gasteiger partial charge >= 0.3 is 5.97 Å². The smallest absolute Gasteiger partial charge is 0.326 e. The number of Topliss-reactive ketones (excluding diaryl/α,β-unsaturated/α-hetero) is 1. The molecule has 192 valence electrons. The fourth-order valence-electron chi connectivity index (χ4n) is 3.54. The van der Waals surface area contributed by atoms with Gasteiger partial charge in [0.1, 0.15) is 17.5 Å².